The molecule has 3 heterocycles. The average Bonchev–Trinajstić information content (AvgIpc) is 3.14. The van der Waals surface area contributed by atoms with Crippen molar-refractivity contribution in [3.05, 3.63) is 52.0 Å². The summed E-state index contributed by atoms with van der Waals surface area (Å²) in [7, 11) is 0. The van der Waals surface area contributed by atoms with Crippen LogP contribution in [0.3, 0.4) is 0 Å². The van der Waals surface area contributed by atoms with Crippen LogP contribution in [0.25, 0.3) is 0 Å². The van der Waals surface area contributed by atoms with E-state index >= 15 is 0 Å². The van der Waals surface area contributed by atoms with Crippen LogP contribution in [0.5, 0.6) is 0 Å². The molecule has 0 saturated carbocycles. The van der Waals surface area contributed by atoms with Crippen molar-refractivity contribution in [2.75, 3.05) is 44.2 Å². The Balaban J connectivity index is 1.34. The number of hydrogen-bond donors (Lipinski definition) is 1. The highest BCUT2D eigenvalue weighted by atomic mass is 32.1. The third-order valence-electron chi connectivity index (χ3n) is 5.74. The van der Waals surface area contributed by atoms with Crippen LogP contribution in [-0.4, -0.2) is 50.1 Å². The number of nitrogens with one attached hydrogen (secondary N) is 1. The van der Waals surface area contributed by atoms with Crippen LogP contribution < -0.4 is 9.80 Å². The van der Waals surface area contributed by atoms with E-state index < -0.39 is 0 Å². The minimum Gasteiger partial charge on any atom is -0.366 e. The fourth-order valence-electron chi connectivity index (χ4n) is 4.10. The number of thiophene rings is 1. The largest absolute Gasteiger partial charge is 0.366 e. The molecule has 1 fully saturated rings. The highest BCUT2D eigenvalue weighted by molar-refractivity contribution is 7.10. The average molecular weight is 375 g/mol. The van der Waals surface area contributed by atoms with E-state index in [2.05, 4.69) is 18.4 Å². The molecule has 4 rings (SSSR count). The summed E-state index contributed by atoms with van der Waals surface area (Å²) in [4.78, 5) is 19.6. The van der Waals surface area contributed by atoms with E-state index in [9.17, 15) is 9.18 Å². The standard InChI is InChI=1S/C20H24FN3OS/c1-15-16-7-13-26-19(16)6-8-24(15)14-20(25)23-11-9-22(10-12-23)18-5-3-2-4-17(18)21/h2-5,7,13,15H,6,8-12,14H2,1H3/p+1/t15-/m0/s1. The number of rotatable bonds is 3. The molecule has 1 aromatic heterocycles. The SMILES string of the molecule is C[C@H]1c2ccsc2CC[NH+]1CC(=O)N1CCN(c2ccccc2F)CC1. The minimum absolute atomic E-state index is 0.189. The van der Waals surface area contributed by atoms with Crippen LogP contribution in [0.4, 0.5) is 10.1 Å². The van der Waals surface area contributed by atoms with E-state index in [1.165, 1.54) is 21.4 Å². The van der Waals surface area contributed by atoms with Gasteiger partial charge in [-0.15, -0.1) is 11.3 Å². The van der Waals surface area contributed by atoms with Crippen LogP contribution in [0, 0.1) is 5.82 Å². The highest BCUT2D eigenvalue weighted by Crippen LogP contribution is 2.24. The quantitative estimate of drug-likeness (QED) is 0.886. The van der Waals surface area contributed by atoms with Crippen LogP contribution in [0.15, 0.2) is 35.7 Å². The fourth-order valence-corrected chi connectivity index (χ4v) is 5.08. The van der Waals surface area contributed by atoms with Crippen molar-refractivity contribution in [1.82, 2.24) is 4.90 Å². The topological polar surface area (TPSA) is 28.0 Å². The number of halogens is 1. The predicted octanol–water partition coefficient (Wildman–Crippen LogP) is 1.74. The normalized spacial score (nSPS) is 23.0. The number of quaternary nitrogens is 1. The molecule has 0 bridgehead atoms. The number of nitrogens with zero attached hydrogens (tertiary/aromatic N) is 2. The van der Waals surface area contributed by atoms with Crippen molar-refractivity contribution in [3.63, 3.8) is 0 Å². The number of carbonyl (C=O) groups excluding carboxylic acids is 1. The number of amides is 1. The molecule has 0 aliphatic carbocycles. The molecular weight excluding hydrogens is 349 g/mol. The summed E-state index contributed by atoms with van der Waals surface area (Å²) in [6, 6.07) is 9.46. The van der Waals surface area contributed by atoms with Crippen molar-refractivity contribution in [2.24, 2.45) is 0 Å². The molecule has 2 aromatic rings. The summed E-state index contributed by atoms with van der Waals surface area (Å²) in [6.45, 7) is 6.50. The Labute approximate surface area is 157 Å². The Kier molecular flexibility index (Phi) is 4.96. The first kappa shape index (κ1) is 17.5. The van der Waals surface area contributed by atoms with Crippen LogP contribution in [0.2, 0.25) is 0 Å². The number of hydrogen-bond acceptors (Lipinski definition) is 3. The predicted molar refractivity (Wildman–Crippen MR) is 102 cm³/mol. The molecule has 2 aliphatic heterocycles. The molecule has 26 heavy (non-hydrogen) atoms. The summed E-state index contributed by atoms with van der Waals surface area (Å²) in [6.07, 6.45) is 1.07. The Morgan fingerprint density at radius 2 is 2.00 bits per heavy atom. The van der Waals surface area contributed by atoms with E-state index in [4.69, 9.17) is 0 Å². The first-order valence-corrected chi connectivity index (χ1v) is 10.2. The summed E-state index contributed by atoms with van der Waals surface area (Å²) >= 11 is 1.83. The van der Waals surface area contributed by atoms with Gasteiger partial charge in [-0.3, -0.25) is 4.79 Å². The first-order chi connectivity index (χ1) is 12.6. The molecule has 6 heteroatoms. The van der Waals surface area contributed by atoms with Crippen LogP contribution >= 0.6 is 11.3 Å². The Bertz CT molecular complexity index is 785. The maximum Gasteiger partial charge on any atom is 0.277 e. The van der Waals surface area contributed by atoms with Crippen molar-refractivity contribution in [3.8, 4) is 0 Å². The lowest BCUT2D eigenvalue weighted by molar-refractivity contribution is -0.924. The van der Waals surface area contributed by atoms with Crippen molar-refractivity contribution in [1.29, 1.82) is 0 Å². The molecule has 2 atom stereocenters. The van der Waals surface area contributed by atoms with Crippen molar-refractivity contribution in [2.45, 2.75) is 19.4 Å². The second-order valence-electron chi connectivity index (χ2n) is 7.18. The van der Waals surface area contributed by atoms with Crippen LogP contribution in [0.1, 0.15) is 23.4 Å². The van der Waals surface area contributed by atoms with Crippen molar-refractivity contribution >= 4 is 22.9 Å². The van der Waals surface area contributed by atoms with E-state index in [0.29, 0.717) is 44.5 Å². The van der Waals surface area contributed by atoms with E-state index in [-0.39, 0.29) is 11.7 Å². The van der Waals surface area contributed by atoms with Gasteiger partial charge in [-0.05, 0) is 30.5 Å². The molecule has 1 unspecified atom stereocenters. The molecule has 1 saturated heterocycles. The third-order valence-corrected chi connectivity index (χ3v) is 6.73. The molecule has 2 aliphatic rings. The van der Waals surface area contributed by atoms with Gasteiger partial charge in [0.2, 0.25) is 0 Å². The van der Waals surface area contributed by atoms with E-state index in [1.807, 2.05) is 33.3 Å². The maximum atomic E-state index is 14.0. The number of benzene rings is 1. The Morgan fingerprint density at radius 3 is 2.77 bits per heavy atom. The number of fused-ring (bicyclic) bond motifs is 1. The van der Waals surface area contributed by atoms with Crippen molar-refractivity contribution < 1.29 is 14.1 Å². The second-order valence-corrected chi connectivity index (χ2v) is 8.18. The minimum atomic E-state index is -0.189. The van der Waals surface area contributed by atoms with Gasteiger partial charge >= 0.3 is 0 Å². The van der Waals surface area contributed by atoms with Gasteiger partial charge in [0, 0.05) is 43.0 Å². The summed E-state index contributed by atoms with van der Waals surface area (Å²) in [5, 5.41) is 2.16. The number of piperazine rings is 1. The highest BCUT2D eigenvalue weighted by Gasteiger charge is 2.32. The monoisotopic (exact) mass is 374 g/mol. The Morgan fingerprint density at radius 1 is 1.23 bits per heavy atom. The van der Waals surface area contributed by atoms with Crippen LogP contribution in [-0.2, 0) is 11.2 Å². The lowest BCUT2D eigenvalue weighted by atomic mass is 10.0. The molecule has 1 aromatic carbocycles. The van der Waals surface area contributed by atoms with Gasteiger partial charge in [0.05, 0.1) is 12.2 Å². The maximum absolute atomic E-state index is 14.0. The van der Waals surface area contributed by atoms with Gasteiger partial charge in [-0.25, -0.2) is 4.39 Å². The summed E-state index contributed by atoms with van der Waals surface area (Å²) in [5.41, 5.74) is 2.05. The summed E-state index contributed by atoms with van der Waals surface area (Å²) in [5.74, 6) is 0.0316. The van der Waals surface area contributed by atoms with Gasteiger partial charge in [0.25, 0.3) is 5.91 Å². The second kappa shape index (κ2) is 7.37. The lowest BCUT2D eigenvalue weighted by Gasteiger charge is -2.37. The molecule has 0 radical (unpaired) electrons. The van der Waals surface area contributed by atoms with Gasteiger partial charge in [-0.1, -0.05) is 12.1 Å². The zero-order valence-electron chi connectivity index (χ0n) is 15.1. The van der Waals surface area contributed by atoms with E-state index in [1.54, 1.807) is 6.07 Å². The zero-order chi connectivity index (χ0) is 18.1. The Hall–Kier alpha value is -1.92. The zero-order valence-corrected chi connectivity index (χ0v) is 15.9. The third kappa shape index (κ3) is 3.35. The molecule has 138 valence electrons. The van der Waals surface area contributed by atoms with Gasteiger partial charge < -0.3 is 14.7 Å². The summed E-state index contributed by atoms with van der Waals surface area (Å²) < 4.78 is 14.0. The smallest absolute Gasteiger partial charge is 0.277 e. The van der Waals surface area contributed by atoms with Gasteiger partial charge in [0.15, 0.2) is 6.54 Å². The van der Waals surface area contributed by atoms with Gasteiger partial charge in [0.1, 0.15) is 11.9 Å². The lowest BCUT2D eigenvalue weighted by Crippen LogP contribution is -3.14. The van der Waals surface area contributed by atoms with E-state index in [0.717, 1.165) is 13.0 Å². The molecular formula is C20H25FN3OS+. The molecule has 4 nitrogen and oxygen atoms in total. The molecule has 1 amide bonds. The molecule has 0 spiro atoms. The first-order valence-electron chi connectivity index (χ1n) is 9.31. The fraction of sp³-hybridized carbons (Fsp3) is 0.450. The van der Waals surface area contributed by atoms with Gasteiger partial charge in [-0.2, -0.15) is 0 Å². The molecule has 1 N–H and O–H groups in total. The number of carbonyl (C=O) groups is 1. The number of anilines is 1. The number of para-hydroxylation sites is 1.